The van der Waals surface area contributed by atoms with Gasteiger partial charge in [0.15, 0.2) is 0 Å². The molecule has 212 valence electrons. The van der Waals surface area contributed by atoms with Crippen LogP contribution in [0.15, 0.2) is 18.2 Å². The highest BCUT2D eigenvalue weighted by atomic mass is 35.5. The van der Waals surface area contributed by atoms with E-state index < -0.39 is 0 Å². The maximum atomic E-state index is 13.6. The Balaban J connectivity index is 1.13. The summed E-state index contributed by atoms with van der Waals surface area (Å²) in [5, 5.41) is 13.2. The molecule has 3 saturated heterocycles. The lowest BCUT2D eigenvalue weighted by atomic mass is 9.79. The van der Waals surface area contributed by atoms with Crippen LogP contribution in [0, 0.1) is 23.2 Å². The van der Waals surface area contributed by atoms with Crippen molar-refractivity contribution in [3.05, 3.63) is 34.3 Å². The minimum absolute atomic E-state index is 0.0540. The van der Waals surface area contributed by atoms with Crippen LogP contribution in [0.2, 0.25) is 5.02 Å². The molecule has 1 saturated carbocycles. The number of benzene rings is 1. The van der Waals surface area contributed by atoms with E-state index in [-0.39, 0.29) is 30.3 Å². The first-order valence-electron chi connectivity index (χ1n) is 14.4. The SMILES string of the molecule is CN(Cc1ccc(Cl)c(C#N)c1)C(=O)CN1CNC2CCC(N3CCCN(CC4CCOC4)CC3)CC2C1=O. The summed E-state index contributed by atoms with van der Waals surface area (Å²) in [6.45, 7) is 8.14. The maximum Gasteiger partial charge on any atom is 0.242 e. The first-order valence-corrected chi connectivity index (χ1v) is 14.8. The quantitative estimate of drug-likeness (QED) is 0.550. The zero-order valence-electron chi connectivity index (χ0n) is 23.0. The van der Waals surface area contributed by atoms with Crippen LogP contribution in [0.5, 0.6) is 0 Å². The average molecular weight is 557 g/mol. The summed E-state index contributed by atoms with van der Waals surface area (Å²) in [6, 6.07) is 7.90. The third-order valence-corrected chi connectivity index (χ3v) is 9.33. The van der Waals surface area contributed by atoms with Crippen LogP contribution in [0.25, 0.3) is 0 Å². The Bertz CT molecular complexity index is 1070. The summed E-state index contributed by atoms with van der Waals surface area (Å²) < 4.78 is 5.57. The fraction of sp³-hybridized carbons (Fsp3) is 0.690. The molecule has 1 aromatic carbocycles. The number of nitrogens with one attached hydrogen (secondary N) is 1. The Morgan fingerprint density at radius 2 is 2.10 bits per heavy atom. The molecule has 1 aliphatic carbocycles. The molecule has 4 aliphatic rings. The van der Waals surface area contributed by atoms with Gasteiger partial charge in [-0.15, -0.1) is 0 Å². The molecule has 10 heteroatoms. The van der Waals surface area contributed by atoms with Crippen LogP contribution in [-0.2, 0) is 20.9 Å². The van der Waals surface area contributed by atoms with Gasteiger partial charge in [0.1, 0.15) is 12.6 Å². The van der Waals surface area contributed by atoms with Gasteiger partial charge in [-0.3, -0.25) is 19.8 Å². The number of likely N-dealkylation sites (N-methyl/N-ethyl adjacent to an activating group) is 1. The fourth-order valence-corrected chi connectivity index (χ4v) is 6.86. The Hall–Kier alpha value is -2.22. The number of carbonyl (C=O) groups excluding carboxylic acids is 2. The van der Waals surface area contributed by atoms with Crippen molar-refractivity contribution in [3.8, 4) is 6.07 Å². The predicted molar refractivity (Wildman–Crippen MR) is 149 cm³/mol. The molecule has 9 nitrogen and oxygen atoms in total. The molecule has 3 aliphatic heterocycles. The summed E-state index contributed by atoms with van der Waals surface area (Å²) in [5.41, 5.74) is 1.22. The number of ether oxygens (including phenoxy) is 1. The second-order valence-corrected chi connectivity index (χ2v) is 12.1. The number of nitriles is 1. The summed E-state index contributed by atoms with van der Waals surface area (Å²) in [6.07, 6.45) is 5.32. The third-order valence-electron chi connectivity index (χ3n) is 9.00. The average Bonchev–Trinajstić information content (AvgIpc) is 3.34. The smallest absolute Gasteiger partial charge is 0.242 e. The predicted octanol–water partition coefficient (Wildman–Crippen LogP) is 2.14. The molecule has 39 heavy (non-hydrogen) atoms. The first-order chi connectivity index (χ1) is 18.9. The molecule has 4 fully saturated rings. The van der Waals surface area contributed by atoms with Gasteiger partial charge in [0.2, 0.25) is 11.8 Å². The largest absolute Gasteiger partial charge is 0.381 e. The van der Waals surface area contributed by atoms with E-state index in [9.17, 15) is 14.9 Å². The van der Waals surface area contributed by atoms with Crippen molar-refractivity contribution in [2.75, 3.05) is 66.2 Å². The number of hydrogen-bond acceptors (Lipinski definition) is 7. The Labute approximate surface area is 237 Å². The van der Waals surface area contributed by atoms with Crippen molar-refractivity contribution in [3.63, 3.8) is 0 Å². The van der Waals surface area contributed by atoms with Crippen molar-refractivity contribution < 1.29 is 14.3 Å². The Morgan fingerprint density at radius 3 is 2.90 bits per heavy atom. The van der Waals surface area contributed by atoms with E-state index in [2.05, 4.69) is 21.2 Å². The monoisotopic (exact) mass is 556 g/mol. The second kappa shape index (κ2) is 13.0. The number of nitrogens with zero attached hydrogens (tertiary/aromatic N) is 5. The van der Waals surface area contributed by atoms with E-state index in [1.54, 1.807) is 29.0 Å². The normalized spacial score (nSPS) is 28.5. The van der Waals surface area contributed by atoms with Crippen LogP contribution < -0.4 is 5.32 Å². The molecule has 2 amide bonds. The van der Waals surface area contributed by atoms with Crippen LogP contribution in [-0.4, -0.2) is 110 Å². The van der Waals surface area contributed by atoms with Crippen LogP contribution >= 0.6 is 11.6 Å². The van der Waals surface area contributed by atoms with Gasteiger partial charge < -0.3 is 19.4 Å². The lowest BCUT2D eigenvalue weighted by Gasteiger charge is -2.45. The topological polar surface area (TPSA) is 92.2 Å². The molecule has 0 aromatic heterocycles. The fourth-order valence-electron chi connectivity index (χ4n) is 6.70. The highest BCUT2D eigenvalue weighted by molar-refractivity contribution is 6.31. The molecule has 4 unspecified atom stereocenters. The minimum atomic E-state index is -0.121. The van der Waals surface area contributed by atoms with Crippen molar-refractivity contribution in [1.82, 2.24) is 24.9 Å². The molecule has 0 bridgehead atoms. The molecule has 4 atom stereocenters. The number of rotatable bonds is 7. The van der Waals surface area contributed by atoms with Crippen LogP contribution in [0.3, 0.4) is 0 Å². The maximum absolute atomic E-state index is 13.6. The van der Waals surface area contributed by atoms with Gasteiger partial charge in [0, 0.05) is 51.9 Å². The molecule has 0 spiro atoms. The highest BCUT2D eigenvalue weighted by Gasteiger charge is 2.42. The standard InChI is InChI=1S/C29H41ClN6O3/c1-33(16-21-3-5-26(30)23(13-21)15-31)28(37)18-36-20-32-27-6-4-24(14-25(27)29(36)38)35-9-2-8-34(10-11-35)17-22-7-12-39-19-22/h3,5,13,22,24-25,27,32H,2,4,6-12,14,16-20H2,1H3. The lowest BCUT2D eigenvalue weighted by molar-refractivity contribution is -0.148. The van der Waals surface area contributed by atoms with E-state index >= 15 is 0 Å². The minimum Gasteiger partial charge on any atom is -0.381 e. The van der Waals surface area contributed by atoms with Gasteiger partial charge in [-0.1, -0.05) is 17.7 Å². The van der Waals surface area contributed by atoms with E-state index in [1.807, 2.05) is 6.07 Å². The summed E-state index contributed by atoms with van der Waals surface area (Å²) in [5.74, 6) is 0.567. The first kappa shape index (κ1) is 28.3. The number of carbonyl (C=O) groups is 2. The van der Waals surface area contributed by atoms with Crippen molar-refractivity contribution in [2.45, 2.75) is 50.7 Å². The van der Waals surface area contributed by atoms with Crippen LogP contribution in [0.4, 0.5) is 0 Å². The second-order valence-electron chi connectivity index (χ2n) is 11.7. The summed E-state index contributed by atoms with van der Waals surface area (Å²) >= 11 is 6.04. The third kappa shape index (κ3) is 6.93. The van der Waals surface area contributed by atoms with Crippen molar-refractivity contribution in [2.24, 2.45) is 11.8 Å². The van der Waals surface area contributed by atoms with E-state index in [4.69, 9.17) is 16.3 Å². The van der Waals surface area contributed by atoms with Gasteiger partial charge in [-0.2, -0.15) is 5.26 Å². The lowest BCUT2D eigenvalue weighted by Crippen LogP contribution is -2.61. The van der Waals surface area contributed by atoms with E-state index in [0.29, 0.717) is 35.8 Å². The number of amides is 2. The van der Waals surface area contributed by atoms with Gasteiger partial charge in [0.05, 0.1) is 29.8 Å². The number of halogens is 1. The zero-order valence-corrected chi connectivity index (χ0v) is 23.7. The van der Waals surface area contributed by atoms with E-state index in [0.717, 1.165) is 70.8 Å². The Kier molecular flexibility index (Phi) is 9.41. The van der Waals surface area contributed by atoms with Gasteiger partial charge >= 0.3 is 0 Å². The van der Waals surface area contributed by atoms with Crippen molar-refractivity contribution in [1.29, 1.82) is 5.26 Å². The molecular weight excluding hydrogens is 516 g/mol. The zero-order chi connectivity index (χ0) is 27.4. The Morgan fingerprint density at radius 1 is 1.23 bits per heavy atom. The summed E-state index contributed by atoms with van der Waals surface area (Å²) in [7, 11) is 1.73. The molecule has 1 N–H and O–H groups in total. The molecule has 3 heterocycles. The van der Waals surface area contributed by atoms with Gasteiger partial charge in [-0.05, 0) is 68.8 Å². The van der Waals surface area contributed by atoms with Gasteiger partial charge in [-0.25, -0.2) is 0 Å². The highest BCUT2D eigenvalue weighted by Crippen LogP contribution is 2.32. The van der Waals surface area contributed by atoms with E-state index in [1.165, 1.54) is 12.8 Å². The molecule has 5 rings (SSSR count). The molecular formula is C29H41ClN6O3. The number of hydrogen-bond donors (Lipinski definition) is 1. The van der Waals surface area contributed by atoms with Crippen LogP contribution in [0.1, 0.15) is 43.2 Å². The number of fused-ring (bicyclic) bond motifs is 1. The molecule has 1 aromatic rings. The summed E-state index contributed by atoms with van der Waals surface area (Å²) in [4.78, 5) is 35.1. The molecule has 0 radical (unpaired) electrons. The van der Waals surface area contributed by atoms with Gasteiger partial charge in [0.25, 0.3) is 0 Å². The van der Waals surface area contributed by atoms with Crippen molar-refractivity contribution >= 4 is 23.4 Å².